The highest BCUT2D eigenvalue weighted by Crippen LogP contribution is 2.40. The van der Waals surface area contributed by atoms with Gasteiger partial charge < -0.3 is 14.4 Å². The molecule has 2 aromatic carbocycles. The fraction of sp³-hybridized carbons (Fsp3) is 0.300. The first kappa shape index (κ1) is 19.7. The van der Waals surface area contributed by atoms with E-state index in [4.69, 9.17) is 21.1 Å². The first-order chi connectivity index (χ1) is 14.4. The lowest BCUT2D eigenvalue weighted by molar-refractivity contribution is 0.100. The SMILES string of the molecule is O=C(N=C1S[C@H]2CS(=O)(=O)C[C@@H]2N1Cc1ccc2c(c1)OCO2)c1ccc(Cl)cc1. The first-order valence-electron chi connectivity index (χ1n) is 9.29. The molecule has 2 saturated heterocycles. The van der Waals surface area contributed by atoms with Crippen LogP contribution in [0.4, 0.5) is 0 Å². The third kappa shape index (κ3) is 3.77. The zero-order valence-corrected chi connectivity index (χ0v) is 18.0. The summed E-state index contributed by atoms with van der Waals surface area (Å²) in [4.78, 5) is 18.9. The molecule has 0 radical (unpaired) electrons. The van der Waals surface area contributed by atoms with E-state index in [1.54, 1.807) is 24.3 Å². The standard InChI is InChI=1S/C20H17ClN2O5S2/c21-14-4-2-13(3-5-14)19(24)22-20-23(15-9-30(25,26)10-18(15)29-20)8-12-1-6-16-17(7-12)28-11-27-16/h1-7,15,18H,8-11H2/t15-,18-/m0/s1. The van der Waals surface area contributed by atoms with Gasteiger partial charge in [0.05, 0.1) is 17.5 Å². The number of halogens is 1. The van der Waals surface area contributed by atoms with E-state index in [2.05, 4.69) is 4.99 Å². The number of hydrogen-bond donors (Lipinski definition) is 0. The number of ether oxygens (including phenoxy) is 2. The third-order valence-electron chi connectivity index (χ3n) is 5.25. The molecule has 0 aromatic heterocycles. The number of fused-ring (bicyclic) bond motifs is 2. The second-order valence-electron chi connectivity index (χ2n) is 7.32. The number of carbonyl (C=O) groups excluding carboxylic acids is 1. The van der Waals surface area contributed by atoms with Gasteiger partial charge in [-0.1, -0.05) is 29.4 Å². The summed E-state index contributed by atoms with van der Waals surface area (Å²) in [5.41, 5.74) is 1.36. The van der Waals surface area contributed by atoms with Crippen molar-refractivity contribution >= 4 is 44.3 Å². The van der Waals surface area contributed by atoms with Crippen LogP contribution >= 0.6 is 23.4 Å². The number of hydrogen-bond acceptors (Lipinski definition) is 6. The van der Waals surface area contributed by atoms with Gasteiger partial charge in [-0.2, -0.15) is 4.99 Å². The van der Waals surface area contributed by atoms with E-state index in [-0.39, 0.29) is 35.5 Å². The van der Waals surface area contributed by atoms with Gasteiger partial charge in [0.1, 0.15) is 0 Å². The van der Waals surface area contributed by atoms with Crippen LogP contribution < -0.4 is 9.47 Å². The fourth-order valence-corrected chi connectivity index (χ4v) is 7.88. The summed E-state index contributed by atoms with van der Waals surface area (Å²) >= 11 is 7.25. The van der Waals surface area contributed by atoms with Gasteiger partial charge in [-0.25, -0.2) is 8.42 Å². The maximum Gasteiger partial charge on any atom is 0.279 e. The lowest BCUT2D eigenvalue weighted by Crippen LogP contribution is -2.37. The van der Waals surface area contributed by atoms with Crippen LogP contribution in [0.25, 0.3) is 0 Å². The van der Waals surface area contributed by atoms with Gasteiger partial charge in [-0.15, -0.1) is 0 Å². The second kappa shape index (κ2) is 7.47. The topological polar surface area (TPSA) is 85.3 Å². The number of aliphatic imine (C=N–C) groups is 1. The predicted molar refractivity (Wildman–Crippen MR) is 115 cm³/mol. The highest BCUT2D eigenvalue weighted by Gasteiger charge is 2.48. The zero-order valence-electron chi connectivity index (χ0n) is 15.7. The van der Waals surface area contributed by atoms with Crippen LogP contribution in [0.2, 0.25) is 5.02 Å². The summed E-state index contributed by atoms with van der Waals surface area (Å²) < 4.78 is 35.2. The number of benzene rings is 2. The highest BCUT2D eigenvalue weighted by molar-refractivity contribution is 8.15. The number of sulfone groups is 1. The number of thioether (sulfide) groups is 1. The molecule has 7 nitrogen and oxygen atoms in total. The molecule has 3 aliphatic rings. The van der Waals surface area contributed by atoms with E-state index in [0.717, 1.165) is 5.56 Å². The van der Waals surface area contributed by atoms with E-state index < -0.39 is 9.84 Å². The molecule has 0 spiro atoms. The number of nitrogens with zero attached hydrogens (tertiary/aromatic N) is 2. The van der Waals surface area contributed by atoms with Crippen LogP contribution in [0.5, 0.6) is 11.5 Å². The van der Waals surface area contributed by atoms with E-state index >= 15 is 0 Å². The molecule has 3 aliphatic heterocycles. The molecule has 0 N–H and O–H groups in total. The van der Waals surface area contributed by atoms with Crippen LogP contribution in [0, 0.1) is 0 Å². The molecule has 2 atom stereocenters. The number of amides is 1. The number of rotatable bonds is 3. The van der Waals surface area contributed by atoms with Crippen molar-refractivity contribution in [3.8, 4) is 11.5 Å². The minimum absolute atomic E-state index is 0.0589. The molecule has 0 saturated carbocycles. The van der Waals surface area contributed by atoms with Crippen molar-refractivity contribution in [2.24, 2.45) is 4.99 Å². The van der Waals surface area contributed by atoms with E-state index in [1.165, 1.54) is 11.8 Å². The van der Waals surface area contributed by atoms with Gasteiger partial charge in [-0.05, 0) is 42.0 Å². The number of carbonyl (C=O) groups is 1. The Morgan fingerprint density at radius 2 is 1.90 bits per heavy atom. The molecule has 156 valence electrons. The van der Waals surface area contributed by atoms with E-state index in [9.17, 15) is 13.2 Å². The van der Waals surface area contributed by atoms with Crippen LogP contribution in [0.15, 0.2) is 47.5 Å². The molecule has 0 aliphatic carbocycles. The smallest absolute Gasteiger partial charge is 0.279 e. The molecule has 0 unspecified atom stereocenters. The van der Waals surface area contributed by atoms with Crippen molar-refractivity contribution < 1.29 is 22.7 Å². The van der Waals surface area contributed by atoms with E-state index in [1.807, 2.05) is 23.1 Å². The Labute approximate surface area is 182 Å². The van der Waals surface area contributed by atoms with Crippen molar-refractivity contribution in [3.63, 3.8) is 0 Å². The molecular formula is C20H17ClN2O5S2. The lowest BCUT2D eigenvalue weighted by Gasteiger charge is -2.24. The van der Waals surface area contributed by atoms with Crippen LogP contribution in [-0.2, 0) is 16.4 Å². The summed E-state index contributed by atoms with van der Waals surface area (Å²) in [6.45, 7) is 0.608. The van der Waals surface area contributed by atoms with Crippen LogP contribution in [0.1, 0.15) is 15.9 Å². The quantitative estimate of drug-likeness (QED) is 0.690. The van der Waals surface area contributed by atoms with Gasteiger partial charge in [0.2, 0.25) is 6.79 Å². The Bertz CT molecular complexity index is 1150. The zero-order chi connectivity index (χ0) is 20.9. The molecule has 3 heterocycles. The van der Waals surface area contributed by atoms with Gasteiger partial charge in [-0.3, -0.25) is 4.79 Å². The summed E-state index contributed by atoms with van der Waals surface area (Å²) in [6, 6.07) is 11.9. The van der Waals surface area contributed by atoms with Gasteiger partial charge in [0.15, 0.2) is 26.5 Å². The van der Waals surface area contributed by atoms with Crippen molar-refractivity contribution in [2.75, 3.05) is 18.3 Å². The first-order valence-corrected chi connectivity index (χ1v) is 12.4. The summed E-state index contributed by atoms with van der Waals surface area (Å²) in [7, 11) is -3.11. The molecular weight excluding hydrogens is 448 g/mol. The third-order valence-corrected chi connectivity index (χ3v) is 8.75. The monoisotopic (exact) mass is 464 g/mol. The molecule has 2 fully saturated rings. The Hall–Kier alpha value is -2.23. The fourth-order valence-electron chi connectivity index (χ4n) is 3.80. The maximum atomic E-state index is 12.7. The van der Waals surface area contributed by atoms with Crippen molar-refractivity contribution in [3.05, 3.63) is 58.6 Å². The molecule has 5 rings (SSSR count). The van der Waals surface area contributed by atoms with Gasteiger partial charge in [0, 0.05) is 22.4 Å². The van der Waals surface area contributed by atoms with Crippen molar-refractivity contribution in [2.45, 2.75) is 17.8 Å². The summed E-state index contributed by atoms with van der Waals surface area (Å²) in [5, 5.41) is 0.942. The van der Waals surface area contributed by atoms with Gasteiger partial charge >= 0.3 is 0 Å². The minimum Gasteiger partial charge on any atom is -0.454 e. The molecule has 10 heteroatoms. The number of amidine groups is 1. The van der Waals surface area contributed by atoms with Crippen molar-refractivity contribution in [1.82, 2.24) is 4.90 Å². The Morgan fingerprint density at radius 1 is 1.13 bits per heavy atom. The predicted octanol–water partition coefficient (Wildman–Crippen LogP) is 2.98. The molecule has 30 heavy (non-hydrogen) atoms. The average Bonchev–Trinajstić information content (AvgIpc) is 3.36. The molecule has 1 amide bonds. The summed E-state index contributed by atoms with van der Waals surface area (Å²) in [6.07, 6.45) is 0. The summed E-state index contributed by atoms with van der Waals surface area (Å²) in [5.74, 6) is 1.11. The molecule has 0 bridgehead atoms. The Kier molecular flexibility index (Phi) is 4.91. The highest BCUT2D eigenvalue weighted by atomic mass is 35.5. The maximum absolute atomic E-state index is 12.7. The lowest BCUT2D eigenvalue weighted by atomic mass is 10.1. The van der Waals surface area contributed by atoms with Crippen LogP contribution in [-0.4, -0.2) is 54.0 Å². The van der Waals surface area contributed by atoms with Gasteiger partial charge in [0.25, 0.3) is 5.91 Å². The Morgan fingerprint density at radius 3 is 2.70 bits per heavy atom. The largest absolute Gasteiger partial charge is 0.454 e. The Balaban J connectivity index is 1.45. The van der Waals surface area contributed by atoms with E-state index in [0.29, 0.717) is 33.8 Å². The van der Waals surface area contributed by atoms with Crippen molar-refractivity contribution in [1.29, 1.82) is 0 Å². The minimum atomic E-state index is -3.11. The average molecular weight is 465 g/mol. The second-order valence-corrected chi connectivity index (χ2v) is 11.1. The normalized spacial score (nSPS) is 25.0. The van der Waals surface area contributed by atoms with Crippen LogP contribution in [0.3, 0.4) is 0 Å². The molecule has 2 aromatic rings.